The maximum atomic E-state index is 5.78. The van der Waals surface area contributed by atoms with E-state index in [-0.39, 0.29) is 0 Å². The van der Waals surface area contributed by atoms with Crippen molar-refractivity contribution in [3.63, 3.8) is 0 Å². The smallest absolute Gasteiger partial charge is 0.119 e. The summed E-state index contributed by atoms with van der Waals surface area (Å²) < 4.78 is 6.58. The van der Waals surface area contributed by atoms with Crippen molar-refractivity contribution in [3.05, 3.63) is 28.2 Å². The van der Waals surface area contributed by atoms with E-state index in [0.717, 1.165) is 28.1 Å². The molecular weight excluding hydrogens is 284 g/mol. The van der Waals surface area contributed by atoms with Gasteiger partial charge in [0.05, 0.1) is 6.61 Å². The molecule has 78 valence electrons. The Bertz CT molecular complexity index is 293. The van der Waals surface area contributed by atoms with Gasteiger partial charge in [-0.15, -0.1) is 11.6 Å². The normalized spacial score (nSPS) is 10.2. The molecule has 4 heteroatoms. The molecule has 1 aromatic rings. The molecule has 0 saturated carbocycles. The third kappa shape index (κ3) is 3.71. The Morgan fingerprint density at radius 1 is 1.50 bits per heavy atom. The molecule has 0 atom stereocenters. The van der Waals surface area contributed by atoms with Gasteiger partial charge in [-0.2, -0.15) is 11.8 Å². The van der Waals surface area contributed by atoms with E-state index >= 15 is 0 Å². The van der Waals surface area contributed by atoms with Crippen LogP contribution in [0.3, 0.4) is 0 Å². The first kappa shape index (κ1) is 12.2. The van der Waals surface area contributed by atoms with Crippen LogP contribution in [0.15, 0.2) is 22.7 Å². The molecule has 0 aliphatic rings. The first-order valence-electron chi connectivity index (χ1n) is 4.24. The van der Waals surface area contributed by atoms with E-state index in [1.165, 1.54) is 0 Å². The van der Waals surface area contributed by atoms with Gasteiger partial charge in [0.25, 0.3) is 0 Å². The van der Waals surface area contributed by atoms with Crippen molar-refractivity contribution in [3.8, 4) is 5.75 Å². The number of alkyl halides is 1. The van der Waals surface area contributed by atoms with E-state index in [0.29, 0.717) is 5.88 Å². The van der Waals surface area contributed by atoms with Crippen LogP contribution in [-0.4, -0.2) is 18.6 Å². The van der Waals surface area contributed by atoms with Crippen LogP contribution in [0, 0.1) is 0 Å². The second-order valence-electron chi connectivity index (χ2n) is 2.73. The van der Waals surface area contributed by atoms with Gasteiger partial charge in [0.15, 0.2) is 0 Å². The van der Waals surface area contributed by atoms with Crippen molar-refractivity contribution in [1.82, 2.24) is 0 Å². The lowest BCUT2D eigenvalue weighted by Gasteiger charge is -2.07. The van der Waals surface area contributed by atoms with E-state index in [4.69, 9.17) is 16.3 Å². The lowest BCUT2D eigenvalue weighted by atomic mass is 10.2. The summed E-state index contributed by atoms with van der Waals surface area (Å²) in [6, 6.07) is 5.88. The zero-order valence-electron chi connectivity index (χ0n) is 7.93. The molecule has 0 saturated heterocycles. The van der Waals surface area contributed by atoms with E-state index in [2.05, 4.69) is 22.2 Å². The monoisotopic (exact) mass is 294 g/mol. The van der Waals surface area contributed by atoms with Crippen LogP contribution in [-0.2, 0) is 5.88 Å². The van der Waals surface area contributed by atoms with Gasteiger partial charge in [-0.1, -0.05) is 15.9 Å². The molecule has 0 aliphatic heterocycles. The number of thioether (sulfide) groups is 1. The summed E-state index contributed by atoms with van der Waals surface area (Å²) in [7, 11) is 0. The first-order chi connectivity index (χ1) is 6.77. The van der Waals surface area contributed by atoms with Crippen LogP contribution < -0.4 is 4.74 Å². The molecule has 0 fully saturated rings. The second kappa shape index (κ2) is 6.59. The van der Waals surface area contributed by atoms with Crippen molar-refractivity contribution in [2.75, 3.05) is 18.6 Å². The summed E-state index contributed by atoms with van der Waals surface area (Å²) in [6.45, 7) is 0.741. The number of rotatable bonds is 5. The van der Waals surface area contributed by atoms with Gasteiger partial charge in [-0.25, -0.2) is 0 Å². The summed E-state index contributed by atoms with van der Waals surface area (Å²) in [5, 5.41) is 0. The fourth-order valence-corrected chi connectivity index (χ4v) is 2.01. The van der Waals surface area contributed by atoms with E-state index in [1.807, 2.05) is 18.2 Å². The fourth-order valence-electron chi connectivity index (χ4n) is 0.986. The van der Waals surface area contributed by atoms with Crippen molar-refractivity contribution < 1.29 is 4.74 Å². The molecule has 1 nitrogen and oxygen atoms in total. The van der Waals surface area contributed by atoms with Crippen LogP contribution in [0.4, 0.5) is 0 Å². The molecule has 0 heterocycles. The highest BCUT2D eigenvalue weighted by molar-refractivity contribution is 9.10. The van der Waals surface area contributed by atoms with E-state index in [1.54, 1.807) is 11.8 Å². The SMILES string of the molecule is CSCCOc1ccc(Br)c(CCl)c1. The highest BCUT2D eigenvalue weighted by Gasteiger charge is 2.00. The Morgan fingerprint density at radius 2 is 2.29 bits per heavy atom. The molecule has 0 radical (unpaired) electrons. The quantitative estimate of drug-likeness (QED) is 0.601. The summed E-state index contributed by atoms with van der Waals surface area (Å²) in [5.74, 6) is 2.39. The molecule has 0 bridgehead atoms. The number of ether oxygens (including phenoxy) is 1. The number of halogens is 2. The highest BCUT2D eigenvalue weighted by Crippen LogP contribution is 2.23. The molecule has 0 aromatic heterocycles. The predicted octanol–water partition coefficient (Wildman–Crippen LogP) is 3.93. The Balaban J connectivity index is 2.60. The summed E-state index contributed by atoms with van der Waals surface area (Å²) in [5.41, 5.74) is 1.06. The van der Waals surface area contributed by atoms with Crippen LogP contribution in [0.25, 0.3) is 0 Å². The van der Waals surface area contributed by atoms with Crippen molar-refractivity contribution in [2.45, 2.75) is 5.88 Å². The van der Waals surface area contributed by atoms with E-state index in [9.17, 15) is 0 Å². The van der Waals surface area contributed by atoms with Gasteiger partial charge in [-0.3, -0.25) is 0 Å². The average molecular weight is 296 g/mol. The first-order valence-corrected chi connectivity index (χ1v) is 6.96. The second-order valence-corrected chi connectivity index (χ2v) is 4.84. The summed E-state index contributed by atoms with van der Waals surface area (Å²) in [4.78, 5) is 0. The Labute approximate surface area is 102 Å². The molecule has 1 aromatic carbocycles. The topological polar surface area (TPSA) is 9.23 Å². The molecule has 0 aliphatic carbocycles. The average Bonchev–Trinajstić information content (AvgIpc) is 2.21. The third-order valence-electron chi connectivity index (χ3n) is 1.72. The molecule has 0 amide bonds. The summed E-state index contributed by atoms with van der Waals surface area (Å²) >= 11 is 11.0. The minimum Gasteiger partial charge on any atom is -0.493 e. The maximum absolute atomic E-state index is 5.78. The lowest BCUT2D eigenvalue weighted by molar-refractivity contribution is 0.343. The Morgan fingerprint density at radius 3 is 2.93 bits per heavy atom. The fraction of sp³-hybridized carbons (Fsp3) is 0.400. The zero-order valence-corrected chi connectivity index (χ0v) is 11.1. The third-order valence-corrected chi connectivity index (χ3v) is 3.35. The van der Waals surface area contributed by atoms with Gasteiger partial charge in [0, 0.05) is 16.1 Å². The van der Waals surface area contributed by atoms with Gasteiger partial charge in [-0.05, 0) is 30.0 Å². The van der Waals surface area contributed by atoms with Crippen molar-refractivity contribution in [1.29, 1.82) is 0 Å². The maximum Gasteiger partial charge on any atom is 0.119 e. The van der Waals surface area contributed by atoms with E-state index < -0.39 is 0 Å². The van der Waals surface area contributed by atoms with Gasteiger partial charge < -0.3 is 4.74 Å². The standard InChI is InChI=1S/C10H12BrClOS/c1-14-5-4-13-9-2-3-10(11)8(6-9)7-12/h2-3,6H,4-5,7H2,1H3. The highest BCUT2D eigenvalue weighted by atomic mass is 79.9. The van der Waals surface area contributed by atoms with Gasteiger partial charge in [0.1, 0.15) is 5.75 Å². The largest absolute Gasteiger partial charge is 0.493 e. The Kier molecular flexibility index (Phi) is 5.75. The minimum atomic E-state index is 0.500. The molecule has 0 spiro atoms. The molecular formula is C10H12BrClOS. The van der Waals surface area contributed by atoms with Gasteiger partial charge >= 0.3 is 0 Å². The van der Waals surface area contributed by atoms with Gasteiger partial charge in [0.2, 0.25) is 0 Å². The Hall–Kier alpha value is 0.140. The molecule has 14 heavy (non-hydrogen) atoms. The molecule has 0 N–H and O–H groups in total. The van der Waals surface area contributed by atoms with Crippen LogP contribution in [0.2, 0.25) is 0 Å². The molecule has 0 unspecified atom stereocenters. The van der Waals surface area contributed by atoms with Crippen LogP contribution in [0.5, 0.6) is 5.75 Å². The number of hydrogen-bond acceptors (Lipinski definition) is 2. The van der Waals surface area contributed by atoms with Crippen LogP contribution >= 0.6 is 39.3 Å². The molecule has 1 rings (SSSR count). The van der Waals surface area contributed by atoms with Crippen molar-refractivity contribution in [2.24, 2.45) is 0 Å². The number of benzene rings is 1. The summed E-state index contributed by atoms with van der Waals surface area (Å²) in [6.07, 6.45) is 2.06. The minimum absolute atomic E-state index is 0.500. The predicted molar refractivity (Wildman–Crippen MR) is 67.6 cm³/mol. The van der Waals surface area contributed by atoms with Crippen molar-refractivity contribution >= 4 is 39.3 Å². The van der Waals surface area contributed by atoms with Crippen LogP contribution in [0.1, 0.15) is 5.56 Å². The zero-order chi connectivity index (χ0) is 10.4. The lowest BCUT2D eigenvalue weighted by Crippen LogP contribution is -1.99. The number of hydrogen-bond donors (Lipinski definition) is 0.